The van der Waals surface area contributed by atoms with Crippen molar-refractivity contribution in [3.63, 3.8) is 0 Å². The molecule has 2 aromatic rings. The van der Waals surface area contributed by atoms with Gasteiger partial charge >= 0.3 is 0 Å². The molecule has 0 amide bonds. The van der Waals surface area contributed by atoms with Gasteiger partial charge in [-0.2, -0.15) is 0 Å². The third kappa shape index (κ3) is 2.90. The second-order valence-corrected chi connectivity index (χ2v) is 6.55. The van der Waals surface area contributed by atoms with Crippen LogP contribution in [-0.2, 0) is 6.42 Å². The summed E-state index contributed by atoms with van der Waals surface area (Å²) in [6, 6.07) is 14.4. The Bertz CT molecular complexity index is 572. The number of hydrogen-bond donors (Lipinski definition) is 0. The molecular formula is C16H15ClOS. The molecule has 0 aliphatic carbocycles. The lowest BCUT2D eigenvalue weighted by atomic mass is 10.1. The van der Waals surface area contributed by atoms with Gasteiger partial charge in [-0.15, -0.1) is 11.8 Å². The highest BCUT2D eigenvalue weighted by molar-refractivity contribution is 8.00. The Balaban J connectivity index is 1.64. The van der Waals surface area contributed by atoms with Crippen LogP contribution in [0.3, 0.4) is 0 Å². The van der Waals surface area contributed by atoms with Crippen molar-refractivity contribution < 1.29 is 4.74 Å². The number of benzene rings is 2. The minimum atomic E-state index is 0.481. The van der Waals surface area contributed by atoms with Crippen LogP contribution in [0.4, 0.5) is 0 Å². The Morgan fingerprint density at radius 3 is 2.95 bits per heavy atom. The van der Waals surface area contributed by atoms with Crippen LogP contribution in [0.5, 0.6) is 5.75 Å². The highest BCUT2D eigenvalue weighted by Gasteiger charge is 2.22. The molecule has 0 radical (unpaired) electrons. The van der Waals surface area contributed by atoms with Gasteiger partial charge in [-0.05, 0) is 42.7 Å². The number of fused-ring (bicyclic) bond motifs is 1. The van der Waals surface area contributed by atoms with Gasteiger partial charge in [0.1, 0.15) is 12.4 Å². The zero-order chi connectivity index (χ0) is 13.2. The molecule has 0 fully saturated rings. The van der Waals surface area contributed by atoms with Crippen LogP contribution in [0.2, 0.25) is 5.02 Å². The van der Waals surface area contributed by atoms with Gasteiger partial charge in [-0.25, -0.2) is 0 Å². The third-order valence-electron chi connectivity index (χ3n) is 3.23. The van der Waals surface area contributed by atoms with Gasteiger partial charge in [0.05, 0.1) is 5.02 Å². The summed E-state index contributed by atoms with van der Waals surface area (Å²) in [4.78, 5) is 1.38. The van der Waals surface area contributed by atoms with Crippen LogP contribution in [0.25, 0.3) is 0 Å². The van der Waals surface area contributed by atoms with Crippen molar-refractivity contribution in [2.45, 2.75) is 23.5 Å². The first-order valence-corrected chi connectivity index (χ1v) is 7.61. The summed E-state index contributed by atoms with van der Waals surface area (Å²) in [5.74, 6) is 0.790. The largest absolute Gasteiger partial charge is 0.491 e. The van der Waals surface area contributed by atoms with E-state index < -0.39 is 0 Å². The molecule has 19 heavy (non-hydrogen) atoms. The second-order valence-electron chi connectivity index (χ2n) is 4.80. The fourth-order valence-corrected chi connectivity index (χ4v) is 3.64. The van der Waals surface area contributed by atoms with Crippen LogP contribution >= 0.6 is 23.4 Å². The molecule has 0 saturated carbocycles. The molecule has 0 N–H and O–H groups in total. The molecule has 0 bridgehead atoms. The summed E-state index contributed by atoms with van der Waals surface area (Å²) < 4.78 is 5.88. The highest BCUT2D eigenvalue weighted by atomic mass is 35.5. The maximum absolute atomic E-state index is 6.14. The predicted octanol–water partition coefficient (Wildman–Crippen LogP) is 4.74. The van der Waals surface area contributed by atoms with Crippen molar-refractivity contribution >= 4 is 23.4 Å². The van der Waals surface area contributed by atoms with E-state index in [-0.39, 0.29) is 0 Å². The maximum Gasteiger partial charge on any atom is 0.138 e. The SMILES string of the molecule is Cc1ccc(Cl)c(OCC2Cc3ccccc3S2)c1. The summed E-state index contributed by atoms with van der Waals surface area (Å²) >= 11 is 8.04. The minimum Gasteiger partial charge on any atom is -0.491 e. The molecule has 1 heterocycles. The van der Waals surface area contributed by atoms with E-state index in [0.717, 1.165) is 12.2 Å². The van der Waals surface area contributed by atoms with Crippen molar-refractivity contribution in [3.05, 3.63) is 58.6 Å². The Labute approximate surface area is 122 Å². The first-order valence-electron chi connectivity index (χ1n) is 6.36. The van der Waals surface area contributed by atoms with Crippen molar-refractivity contribution in [1.82, 2.24) is 0 Å². The Morgan fingerprint density at radius 2 is 2.11 bits per heavy atom. The van der Waals surface area contributed by atoms with Crippen LogP contribution < -0.4 is 4.74 Å². The van der Waals surface area contributed by atoms with E-state index in [1.54, 1.807) is 0 Å². The van der Waals surface area contributed by atoms with E-state index in [1.165, 1.54) is 16.0 Å². The molecule has 98 valence electrons. The summed E-state index contributed by atoms with van der Waals surface area (Å²) in [6.07, 6.45) is 1.07. The molecule has 0 saturated heterocycles. The highest BCUT2D eigenvalue weighted by Crippen LogP contribution is 2.37. The lowest BCUT2D eigenvalue weighted by Gasteiger charge is -2.12. The van der Waals surface area contributed by atoms with Gasteiger partial charge in [0, 0.05) is 10.1 Å². The topological polar surface area (TPSA) is 9.23 Å². The van der Waals surface area contributed by atoms with E-state index in [2.05, 4.69) is 24.3 Å². The van der Waals surface area contributed by atoms with Crippen molar-refractivity contribution in [1.29, 1.82) is 0 Å². The van der Waals surface area contributed by atoms with E-state index in [1.807, 2.05) is 36.9 Å². The fourth-order valence-electron chi connectivity index (χ4n) is 2.25. The average Bonchev–Trinajstić information content (AvgIpc) is 2.82. The normalized spacial score (nSPS) is 17.3. The smallest absolute Gasteiger partial charge is 0.138 e. The van der Waals surface area contributed by atoms with E-state index in [0.29, 0.717) is 16.9 Å². The number of halogens is 1. The molecule has 1 nitrogen and oxygen atoms in total. The third-order valence-corrected chi connectivity index (χ3v) is 4.83. The van der Waals surface area contributed by atoms with Gasteiger partial charge in [0.25, 0.3) is 0 Å². The number of aryl methyl sites for hydroxylation is 1. The zero-order valence-electron chi connectivity index (χ0n) is 10.7. The van der Waals surface area contributed by atoms with Gasteiger partial charge < -0.3 is 4.74 Å². The molecule has 1 aliphatic rings. The van der Waals surface area contributed by atoms with Gasteiger partial charge in [-0.1, -0.05) is 35.9 Å². The van der Waals surface area contributed by atoms with E-state index in [4.69, 9.17) is 16.3 Å². The predicted molar refractivity (Wildman–Crippen MR) is 81.5 cm³/mol. The monoisotopic (exact) mass is 290 g/mol. The lowest BCUT2D eigenvalue weighted by Crippen LogP contribution is -2.13. The first kappa shape index (κ1) is 12.9. The molecule has 0 aromatic heterocycles. The molecule has 1 aliphatic heterocycles. The van der Waals surface area contributed by atoms with Crippen molar-refractivity contribution in [2.75, 3.05) is 6.61 Å². The summed E-state index contributed by atoms with van der Waals surface area (Å²) in [7, 11) is 0. The van der Waals surface area contributed by atoms with Crippen LogP contribution in [-0.4, -0.2) is 11.9 Å². The first-order chi connectivity index (χ1) is 9.22. The molecule has 3 rings (SSSR count). The molecule has 3 heteroatoms. The molecule has 2 aromatic carbocycles. The molecule has 0 spiro atoms. The number of thioether (sulfide) groups is 1. The van der Waals surface area contributed by atoms with Gasteiger partial charge in [0.15, 0.2) is 0 Å². The quantitative estimate of drug-likeness (QED) is 0.807. The molecular weight excluding hydrogens is 276 g/mol. The maximum atomic E-state index is 6.14. The van der Waals surface area contributed by atoms with Crippen molar-refractivity contribution in [3.8, 4) is 5.75 Å². The Hall–Kier alpha value is -1.12. The second kappa shape index (κ2) is 5.48. The van der Waals surface area contributed by atoms with E-state index in [9.17, 15) is 0 Å². The standard InChI is InChI=1S/C16H15ClOS/c1-11-6-7-14(17)15(8-11)18-10-13-9-12-4-2-3-5-16(12)19-13/h2-8,13H,9-10H2,1H3. The van der Waals surface area contributed by atoms with Crippen LogP contribution in [0.1, 0.15) is 11.1 Å². The zero-order valence-corrected chi connectivity index (χ0v) is 12.3. The fraction of sp³-hybridized carbons (Fsp3) is 0.250. The summed E-state index contributed by atoms with van der Waals surface area (Å²) in [5.41, 5.74) is 2.60. The average molecular weight is 291 g/mol. The molecule has 1 unspecified atom stereocenters. The Morgan fingerprint density at radius 1 is 1.26 bits per heavy atom. The summed E-state index contributed by atoms with van der Waals surface area (Å²) in [6.45, 7) is 2.74. The lowest BCUT2D eigenvalue weighted by molar-refractivity contribution is 0.317. The van der Waals surface area contributed by atoms with Gasteiger partial charge in [0.2, 0.25) is 0 Å². The van der Waals surface area contributed by atoms with Crippen LogP contribution in [0.15, 0.2) is 47.4 Å². The number of ether oxygens (including phenoxy) is 1. The Kier molecular flexibility index (Phi) is 3.72. The number of hydrogen-bond acceptors (Lipinski definition) is 2. The van der Waals surface area contributed by atoms with Crippen LogP contribution in [0, 0.1) is 6.92 Å². The van der Waals surface area contributed by atoms with E-state index >= 15 is 0 Å². The minimum absolute atomic E-state index is 0.481. The van der Waals surface area contributed by atoms with Gasteiger partial charge in [-0.3, -0.25) is 0 Å². The number of rotatable bonds is 3. The van der Waals surface area contributed by atoms with Crippen molar-refractivity contribution in [2.24, 2.45) is 0 Å². The summed E-state index contributed by atoms with van der Waals surface area (Å²) in [5, 5.41) is 1.17. The molecule has 1 atom stereocenters.